The van der Waals surface area contributed by atoms with Crippen molar-refractivity contribution in [1.29, 1.82) is 0 Å². The number of Topliss-reactive ketones (excluding diaryl/α,β-unsaturated/α-hetero) is 1. The van der Waals surface area contributed by atoms with Gasteiger partial charge in [-0.2, -0.15) is 0 Å². The summed E-state index contributed by atoms with van der Waals surface area (Å²) < 4.78 is 0. The molecule has 26 heavy (non-hydrogen) atoms. The number of hydrogen-bond acceptors (Lipinski definition) is 3. The average Bonchev–Trinajstić information content (AvgIpc) is 2.64. The summed E-state index contributed by atoms with van der Waals surface area (Å²) in [4.78, 5) is 15.2. The molecule has 3 rings (SSSR count). The third kappa shape index (κ3) is 3.32. The summed E-state index contributed by atoms with van der Waals surface area (Å²) in [5, 5.41) is 13.8. The number of halogens is 1. The predicted octanol–water partition coefficient (Wildman–Crippen LogP) is 4.45. The molecule has 4 nitrogen and oxygen atoms in total. The summed E-state index contributed by atoms with van der Waals surface area (Å²) in [6, 6.07) is 13.6. The summed E-state index contributed by atoms with van der Waals surface area (Å²) in [6.45, 7) is 4.55. The Kier molecular flexibility index (Phi) is 5.30. The molecule has 0 fully saturated rings. The van der Waals surface area contributed by atoms with Crippen LogP contribution >= 0.6 is 23.8 Å². The molecule has 1 aliphatic rings. The van der Waals surface area contributed by atoms with Crippen LogP contribution < -0.4 is 5.32 Å². The number of rotatable bonds is 4. The highest BCUT2D eigenvalue weighted by Gasteiger charge is 2.33. The molecule has 0 aliphatic carbocycles. The quantitative estimate of drug-likeness (QED) is 0.600. The van der Waals surface area contributed by atoms with Gasteiger partial charge in [-0.3, -0.25) is 4.79 Å². The largest absolute Gasteiger partial charge is 0.506 e. The van der Waals surface area contributed by atoms with Crippen molar-refractivity contribution in [1.82, 2.24) is 10.2 Å². The van der Waals surface area contributed by atoms with Crippen LogP contribution in [-0.4, -0.2) is 27.4 Å². The number of phenols is 1. The lowest BCUT2D eigenvalue weighted by Crippen LogP contribution is -2.47. The zero-order valence-electron chi connectivity index (χ0n) is 14.5. The molecular weight excluding hydrogens is 368 g/mol. The van der Waals surface area contributed by atoms with Crippen LogP contribution in [-0.2, 0) is 0 Å². The number of nitrogens with zero attached hydrogens (tertiary/aromatic N) is 1. The van der Waals surface area contributed by atoms with E-state index in [4.69, 9.17) is 23.8 Å². The number of benzene rings is 2. The number of carbonyl (C=O) groups excluding carboxylic acids is 1. The van der Waals surface area contributed by atoms with Gasteiger partial charge in [0.25, 0.3) is 0 Å². The zero-order chi connectivity index (χ0) is 18.8. The molecule has 0 spiro atoms. The van der Waals surface area contributed by atoms with Crippen molar-refractivity contribution < 1.29 is 9.90 Å². The van der Waals surface area contributed by atoms with Crippen molar-refractivity contribution in [2.75, 3.05) is 6.54 Å². The van der Waals surface area contributed by atoms with E-state index in [1.54, 1.807) is 24.3 Å². The first kappa shape index (κ1) is 18.4. The third-order valence-corrected chi connectivity index (χ3v) is 5.14. The van der Waals surface area contributed by atoms with Gasteiger partial charge in [0.05, 0.1) is 11.1 Å². The number of phenolic OH excluding ortho intramolecular Hbond substituents is 1. The molecule has 0 amide bonds. The second kappa shape index (κ2) is 7.48. The fourth-order valence-electron chi connectivity index (χ4n) is 3.15. The van der Waals surface area contributed by atoms with E-state index < -0.39 is 6.04 Å². The maximum absolute atomic E-state index is 13.3. The Labute approximate surface area is 163 Å². The Hall–Kier alpha value is -2.37. The minimum atomic E-state index is -0.434. The normalized spacial score (nSPS) is 17.3. The molecule has 1 atom stereocenters. The Morgan fingerprint density at radius 2 is 1.96 bits per heavy atom. The van der Waals surface area contributed by atoms with E-state index in [-0.39, 0.29) is 16.6 Å². The highest BCUT2D eigenvalue weighted by Crippen LogP contribution is 2.35. The highest BCUT2D eigenvalue weighted by molar-refractivity contribution is 7.80. The molecule has 0 bridgehead atoms. The fraction of sp³-hybridized carbons (Fsp3) is 0.200. The maximum Gasteiger partial charge on any atom is 0.193 e. The van der Waals surface area contributed by atoms with Gasteiger partial charge in [-0.1, -0.05) is 48.0 Å². The fourth-order valence-corrected chi connectivity index (χ4v) is 3.73. The van der Waals surface area contributed by atoms with Crippen LogP contribution in [0, 0.1) is 0 Å². The van der Waals surface area contributed by atoms with Crippen LogP contribution in [0.15, 0.2) is 59.8 Å². The van der Waals surface area contributed by atoms with Gasteiger partial charge in [0.15, 0.2) is 10.9 Å². The number of nitrogens with one attached hydrogen (secondary N) is 1. The molecule has 0 aromatic heterocycles. The number of aromatic hydroxyl groups is 1. The highest BCUT2D eigenvalue weighted by atomic mass is 35.5. The number of thiocarbonyl (C=S) groups is 1. The van der Waals surface area contributed by atoms with E-state index in [0.717, 1.165) is 11.3 Å². The molecule has 1 aliphatic heterocycles. The smallest absolute Gasteiger partial charge is 0.193 e. The standard InChI is InChI=1S/C20H19ClN2O2S/c1-3-23-12(2)17(19(25)13-7-5-4-6-8-13)18(22-20(23)26)14-9-10-16(24)15(21)11-14/h4-11,18,24H,3H2,1-2H3,(H,22,26). The van der Waals surface area contributed by atoms with E-state index in [0.29, 0.717) is 22.8 Å². The minimum absolute atomic E-state index is 0.000579. The molecule has 2 aromatic rings. The van der Waals surface area contributed by atoms with Crippen molar-refractivity contribution in [3.8, 4) is 5.75 Å². The average molecular weight is 387 g/mol. The van der Waals surface area contributed by atoms with Crippen molar-refractivity contribution in [3.05, 3.63) is 76.0 Å². The summed E-state index contributed by atoms with van der Waals surface area (Å²) in [5.74, 6) is -0.0635. The van der Waals surface area contributed by atoms with Crippen LogP contribution in [0.4, 0.5) is 0 Å². The molecule has 6 heteroatoms. The van der Waals surface area contributed by atoms with Crippen LogP contribution in [0.3, 0.4) is 0 Å². The van der Waals surface area contributed by atoms with Crippen molar-refractivity contribution in [2.24, 2.45) is 0 Å². The van der Waals surface area contributed by atoms with Gasteiger partial charge in [-0.25, -0.2) is 0 Å². The van der Waals surface area contributed by atoms with E-state index in [9.17, 15) is 9.90 Å². The number of ketones is 1. The lowest BCUT2D eigenvalue weighted by molar-refractivity contribution is 0.102. The number of allylic oxidation sites excluding steroid dienone is 1. The maximum atomic E-state index is 13.3. The molecule has 2 N–H and O–H groups in total. The summed E-state index contributed by atoms with van der Waals surface area (Å²) in [5.41, 5.74) is 2.82. The van der Waals surface area contributed by atoms with Crippen LogP contribution in [0.1, 0.15) is 35.8 Å². The predicted molar refractivity (Wildman–Crippen MR) is 107 cm³/mol. The van der Waals surface area contributed by atoms with Crippen molar-refractivity contribution in [2.45, 2.75) is 19.9 Å². The Morgan fingerprint density at radius 1 is 1.27 bits per heavy atom. The Morgan fingerprint density at radius 3 is 2.58 bits per heavy atom. The second-order valence-electron chi connectivity index (χ2n) is 6.03. The third-order valence-electron chi connectivity index (χ3n) is 4.50. The Bertz CT molecular complexity index is 896. The molecule has 0 radical (unpaired) electrons. The molecule has 1 unspecified atom stereocenters. The van der Waals surface area contributed by atoms with E-state index in [2.05, 4.69) is 5.32 Å². The van der Waals surface area contributed by atoms with E-state index in [1.165, 1.54) is 6.07 Å². The zero-order valence-corrected chi connectivity index (χ0v) is 16.1. The van der Waals surface area contributed by atoms with Crippen LogP contribution in [0.25, 0.3) is 0 Å². The first-order chi connectivity index (χ1) is 12.4. The lowest BCUT2D eigenvalue weighted by atomic mass is 9.89. The number of hydrogen-bond donors (Lipinski definition) is 2. The topological polar surface area (TPSA) is 52.6 Å². The number of carbonyl (C=O) groups is 1. The SMILES string of the molecule is CCN1C(=S)NC(c2ccc(O)c(Cl)c2)C(C(=O)c2ccccc2)=C1C. The molecule has 0 saturated heterocycles. The van der Waals surface area contributed by atoms with Crippen molar-refractivity contribution >= 4 is 34.7 Å². The van der Waals surface area contributed by atoms with Gasteiger partial charge in [-0.15, -0.1) is 0 Å². The second-order valence-corrected chi connectivity index (χ2v) is 6.83. The molecule has 1 heterocycles. The molecule has 134 valence electrons. The lowest BCUT2D eigenvalue weighted by Gasteiger charge is -2.37. The molecule has 2 aromatic carbocycles. The van der Waals surface area contributed by atoms with Gasteiger partial charge in [0, 0.05) is 23.4 Å². The van der Waals surface area contributed by atoms with Gasteiger partial charge >= 0.3 is 0 Å². The van der Waals surface area contributed by atoms with Crippen LogP contribution in [0.2, 0.25) is 5.02 Å². The van der Waals surface area contributed by atoms with Gasteiger partial charge < -0.3 is 15.3 Å². The first-order valence-corrected chi connectivity index (χ1v) is 9.09. The van der Waals surface area contributed by atoms with E-state index in [1.807, 2.05) is 36.9 Å². The Balaban J connectivity index is 2.15. The van der Waals surface area contributed by atoms with Gasteiger partial charge in [-0.05, 0) is 43.8 Å². The molecule has 0 saturated carbocycles. The van der Waals surface area contributed by atoms with E-state index >= 15 is 0 Å². The van der Waals surface area contributed by atoms with Gasteiger partial charge in [0.1, 0.15) is 5.75 Å². The van der Waals surface area contributed by atoms with Crippen LogP contribution in [0.5, 0.6) is 5.75 Å². The summed E-state index contributed by atoms with van der Waals surface area (Å²) in [7, 11) is 0. The molecular formula is C20H19ClN2O2S. The van der Waals surface area contributed by atoms with Crippen molar-refractivity contribution in [3.63, 3.8) is 0 Å². The first-order valence-electron chi connectivity index (χ1n) is 8.31. The summed E-state index contributed by atoms with van der Waals surface area (Å²) in [6.07, 6.45) is 0. The monoisotopic (exact) mass is 386 g/mol. The van der Waals surface area contributed by atoms with Gasteiger partial charge in [0.2, 0.25) is 0 Å². The minimum Gasteiger partial charge on any atom is -0.506 e. The summed E-state index contributed by atoms with van der Waals surface area (Å²) >= 11 is 11.6.